The van der Waals surface area contributed by atoms with E-state index in [-0.39, 0.29) is 11.8 Å². The van der Waals surface area contributed by atoms with Gasteiger partial charge in [-0.05, 0) is 118 Å². The maximum atomic E-state index is 10.3. The van der Waals surface area contributed by atoms with Gasteiger partial charge in [-0.3, -0.25) is 5.32 Å². The maximum Gasteiger partial charge on any atom is 0.122 e. The number of aliphatic hydroxyl groups excluding tert-OH is 1. The maximum absolute atomic E-state index is 10.3. The first-order valence-electron chi connectivity index (χ1n) is 13.0. The predicted octanol–water partition coefficient (Wildman–Crippen LogP) is 5.12. The number of hydrogen-bond acceptors (Lipinski definition) is 3. The van der Waals surface area contributed by atoms with Crippen molar-refractivity contribution in [3.63, 3.8) is 0 Å². The minimum absolute atomic E-state index is 0.0123. The van der Waals surface area contributed by atoms with Crippen LogP contribution in [0.1, 0.15) is 91.4 Å². The zero-order valence-electron chi connectivity index (χ0n) is 19.0. The largest absolute Gasteiger partial charge is 0.393 e. The Bertz CT molecular complexity index is 659. The van der Waals surface area contributed by atoms with Gasteiger partial charge in [0.2, 0.25) is 0 Å². The highest BCUT2D eigenvalue weighted by atomic mass is 16.5. The van der Waals surface area contributed by atoms with Crippen LogP contribution in [0.2, 0.25) is 0 Å². The number of hydrogen-bond donors (Lipinski definition) is 2. The van der Waals surface area contributed by atoms with Gasteiger partial charge in [-0.1, -0.05) is 20.8 Å². The van der Waals surface area contributed by atoms with E-state index in [1.54, 1.807) is 0 Å². The summed E-state index contributed by atoms with van der Waals surface area (Å²) in [5, 5.41) is 14.1. The molecule has 0 radical (unpaired) electrons. The molecule has 0 aromatic rings. The standard InChI is InChI=1S/C26H43NO2/c1-16-23-22(29-26(16)10-4-5-13-27-26)15-21-19-7-6-17-14-18(28)8-11-24(17,2)20(19)9-12-25(21,23)3/h16-23,27-28H,4-15H2,1-3H3. The molecule has 2 saturated heterocycles. The molecule has 29 heavy (non-hydrogen) atoms. The topological polar surface area (TPSA) is 41.5 Å². The summed E-state index contributed by atoms with van der Waals surface area (Å²) in [6.45, 7) is 8.93. The predicted molar refractivity (Wildman–Crippen MR) is 115 cm³/mol. The molecule has 0 bridgehead atoms. The monoisotopic (exact) mass is 401 g/mol. The normalized spacial score (nSPS) is 61.7. The molecule has 6 rings (SSSR count). The Hall–Kier alpha value is -0.120. The van der Waals surface area contributed by atoms with Crippen LogP contribution in [-0.2, 0) is 4.74 Å². The van der Waals surface area contributed by atoms with Gasteiger partial charge in [0.25, 0.3) is 0 Å². The first-order chi connectivity index (χ1) is 13.9. The molecule has 2 heterocycles. The molecule has 3 nitrogen and oxygen atoms in total. The molecule has 0 aromatic heterocycles. The van der Waals surface area contributed by atoms with E-state index in [1.165, 1.54) is 57.8 Å². The quantitative estimate of drug-likeness (QED) is 0.592. The summed E-state index contributed by atoms with van der Waals surface area (Å²) in [5.41, 5.74) is 0.951. The first kappa shape index (κ1) is 19.6. The summed E-state index contributed by atoms with van der Waals surface area (Å²) in [7, 11) is 0. The lowest BCUT2D eigenvalue weighted by molar-refractivity contribution is -0.139. The Labute approximate surface area is 177 Å². The van der Waals surface area contributed by atoms with Crippen molar-refractivity contribution < 1.29 is 9.84 Å². The van der Waals surface area contributed by atoms with Gasteiger partial charge in [-0.15, -0.1) is 0 Å². The second-order valence-electron chi connectivity index (χ2n) is 12.6. The van der Waals surface area contributed by atoms with Crippen molar-refractivity contribution in [3.05, 3.63) is 0 Å². The van der Waals surface area contributed by atoms with E-state index in [4.69, 9.17) is 4.74 Å². The smallest absolute Gasteiger partial charge is 0.122 e. The van der Waals surface area contributed by atoms with Crippen molar-refractivity contribution >= 4 is 0 Å². The van der Waals surface area contributed by atoms with Crippen LogP contribution >= 0.6 is 0 Å². The molecule has 2 N–H and O–H groups in total. The molecular weight excluding hydrogens is 358 g/mol. The molecule has 2 aliphatic heterocycles. The summed E-state index contributed by atoms with van der Waals surface area (Å²) in [6, 6.07) is 0. The highest BCUT2D eigenvalue weighted by Gasteiger charge is 2.68. The van der Waals surface area contributed by atoms with Gasteiger partial charge in [-0.25, -0.2) is 0 Å². The first-order valence-corrected chi connectivity index (χ1v) is 13.0. The molecular formula is C26H43NO2. The van der Waals surface area contributed by atoms with Gasteiger partial charge in [0.05, 0.1) is 12.2 Å². The van der Waals surface area contributed by atoms with E-state index < -0.39 is 0 Å². The number of piperidine rings is 1. The molecule has 0 amide bonds. The summed E-state index contributed by atoms with van der Waals surface area (Å²) in [5.74, 6) is 4.82. The van der Waals surface area contributed by atoms with Gasteiger partial charge >= 0.3 is 0 Å². The van der Waals surface area contributed by atoms with Crippen molar-refractivity contribution in [2.45, 2.75) is 109 Å². The van der Waals surface area contributed by atoms with Crippen LogP contribution in [0.5, 0.6) is 0 Å². The molecule has 164 valence electrons. The summed E-state index contributed by atoms with van der Waals surface area (Å²) in [4.78, 5) is 0. The number of fused-ring (bicyclic) bond motifs is 7. The van der Waals surface area contributed by atoms with Crippen molar-refractivity contribution in [1.29, 1.82) is 0 Å². The van der Waals surface area contributed by atoms with E-state index in [9.17, 15) is 5.11 Å². The zero-order valence-corrected chi connectivity index (χ0v) is 19.0. The second kappa shape index (κ2) is 6.45. The van der Waals surface area contributed by atoms with Crippen LogP contribution in [0.25, 0.3) is 0 Å². The van der Waals surface area contributed by atoms with Crippen LogP contribution in [0.3, 0.4) is 0 Å². The lowest BCUT2D eigenvalue weighted by Gasteiger charge is -2.61. The Balaban J connectivity index is 1.28. The fourth-order valence-electron chi connectivity index (χ4n) is 10.3. The molecule has 11 atom stereocenters. The molecule has 6 fully saturated rings. The molecule has 4 saturated carbocycles. The molecule has 3 heteroatoms. The van der Waals surface area contributed by atoms with Crippen molar-refractivity contribution in [2.24, 2.45) is 46.3 Å². The molecule has 4 aliphatic carbocycles. The van der Waals surface area contributed by atoms with Gasteiger partial charge in [0, 0.05) is 5.92 Å². The number of ether oxygens (including phenoxy) is 1. The third-order valence-corrected chi connectivity index (χ3v) is 11.8. The third kappa shape index (κ3) is 2.53. The lowest BCUT2D eigenvalue weighted by Crippen LogP contribution is -2.56. The number of aliphatic hydroxyl groups is 1. The number of rotatable bonds is 0. The lowest BCUT2D eigenvalue weighted by atomic mass is 9.44. The SMILES string of the molecule is CC1C2C(CC3C4CCC5CC(O)CCC5(C)C4CCC32C)OC12CCCCN2. The molecule has 11 unspecified atom stereocenters. The fraction of sp³-hybridized carbons (Fsp3) is 1.00. The summed E-state index contributed by atoms with van der Waals surface area (Å²) < 4.78 is 6.96. The van der Waals surface area contributed by atoms with E-state index in [2.05, 4.69) is 26.1 Å². The fourth-order valence-corrected chi connectivity index (χ4v) is 10.3. The van der Waals surface area contributed by atoms with Crippen LogP contribution in [-0.4, -0.2) is 29.6 Å². The van der Waals surface area contributed by atoms with E-state index in [1.807, 2.05) is 0 Å². The van der Waals surface area contributed by atoms with Gasteiger partial charge in [-0.2, -0.15) is 0 Å². The Morgan fingerprint density at radius 3 is 2.52 bits per heavy atom. The van der Waals surface area contributed by atoms with Crippen molar-refractivity contribution in [1.82, 2.24) is 5.32 Å². The number of nitrogens with one attached hydrogen (secondary N) is 1. The highest BCUT2D eigenvalue weighted by Crippen LogP contribution is 2.70. The van der Waals surface area contributed by atoms with Crippen LogP contribution in [0, 0.1) is 46.3 Å². The van der Waals surface area contributed by atoms with Crippen LogP contribution in [0.4, 0.5) is 0 Å². The minimum Gasteiger partial charge on any atom is -0.393 e. The van der Waals surface area contributed by atoms with Gasteiger partial charge in [0.1, 0.15) is 5.72 Å². The summed E-state index contributed by atoms with van der Waals surface area (Å²) in [6.07, 6.45) is 14.6. The Morgan fingerprint density at radius 1 is 0.897 bits per heavy atom. The molecule has 0 aromatic carbocycles. The van der Waals surface area contributed by atoms with Gasteiger partial charge < -0.3 is 9.84 Å². The highest BCUT2D eigenvalue weighted by molar-refractivity contribution is 5.16. The third-order valence-electron chi connectivity index (χ3n) is 11.8. The van der Waals surface area contributed by atoms with E-state index in [0.29, 0.717) is 22.9 Å². The Kier molecular flexibility index (Phi) is 4.35. The molecule has 6 aliphatic rings. The zero-order chi connectivity index (χ0) is 20.0. The molecule has 1 spiro atoms. The van der Waals surface area contributed by atoms with Crippen molar-refractivity contribution in [2.75, 3.05) is 6.54 Å². The average Bonchev–Trinajstić information content (AvgIpc) is 3.14. The van der Waals surface area contributed by atoms with E-state index >= 15 is 0 Å². The summed E-state index contributed by atoms with van der Waals surface area (Å²) >= 11 is 0. The minimum atomic E-state index is -0.0299. The van der Waals surface area contributed by atoms with Gasteiger partial charge in [0.15, 0.2) is 0 Å². The van der Waals surface area contributed by atoms with Crippen LogP contribution < -0.4 is 5.32 Å². The second-order valence-corrected chi connectivity index (χ2v) is 12.6. The van der Waals surface area contributed by atoms with E-state index in [0.717, 1.165) is 49.0 Å². The van der Waals surface area contributed by atoms with Crippen LogP contribution in [0.15, 0.2) is 0 Å². The average molecular weight is 402 g/mol. The van der Waals surface area contributed by atoms with Crippen molar-refractivity contribution in [3.8, 4) is 0 Å². The Morgan fingerprint density at radius 2 is 1.72 bits per heavy atom.